The van der Waals surface area contributed by atoms with E-state index in [1.807, 2.05) is 0 Å². The minimum absolute atomic E-state index is 0.0413. The Balaban J connectivity index is 2.09. The molecule has 0 amide bonds. The summed E-state index contributed by atoms with van der Waals surface area (Å²) in [5.41, 5.74) is 0. The van der Waals surface area contributed by atoms with Crippen LogP contribution in [0.3, 0.4) is 0 Å². The number of carboxylic acid groups (broad SMARTS) is 1. The van der Waals surface area contributed by atoms with Crippen LogP contribution >= 0.6 is 0 Å². The fourth-order valence-corrected chi connectivity index (χ4v) is 1.97. The number of carbonyl (C=O) groups is 1. The van der Waals surface area contributed by atoms with Crippen LogP contribution in [0.2, 0.25) is 0 Å². The summed E-state index contributed by atoms with van der Waals surface area (Å²) in [7, 11) is 0. The molecule has 0 aromatic carbocycles. The van der Waals surface area contributed by atoms with E-state index in [0.717, 1.165) is 6.42 Å². The predicted octanol–water partition coefficient (Wildman–Crippen LogP) is 1.85. The molecule has 3 atom stereocenters. The highest BCUT2D eigenvalue weighted by Gasteiger charge is 2.47. The number of carboxylic acids is 1. The summed E-state index contributed by atoms with van der Waals surface area (Å²) in [6.07, 6.45) is 2.65. The highest BCUT2D eigenvalue weighted by atomic mass is 19.3. The van der Waals surface area contributed by atoms with E-state index in [1.165, 1.54) is 6.08 Å². The van der Waals surface area contributed by atoms with Gasteiger partial charge in [0.1, 0.15) is 5.76 Å². The third-order valence-electron chi connectivity index (χ3n) is 2.75. The van der Waals surface area contributed by atoms with Gasteiger partial charge in [-0.2, -0.15) is 8.78 Å². The Kier molecular flexibility index (Phi) is 2.17. The van der Waals surface area contributed by atoms with Crippen LogP contribution in [-0.4, -0.2) is 17.7 Å². The lowest BCUT2D eigenvalue weighted by molar-refractivity contribution is -0.141. The number of allylic oxidation sites excluding steroid dienone is 1. The Labute approximate surface area is 79.4 Å². The van der Waals surface area contributed by atoms with Crippen molar-refractivity contribution in [2.24, 2.45) is 17.8 Å². The number of fused-ring (bicyclic) bond motifs is 1. The van der Waals surface area contributed by atoms with Gasteiger partial charge < -0.3 is 9.84 Å². The molecular weight excluding hydrogens is 194 g/mol. The fraction of sp³-hybridized carbons (Fsp3) is 0.667. The first-order valence-electron chi connectivity index (χ1n) is 4.47. The van der Waals surface area contributed by atoms with Gasteiger partial charge >= 0.3 is 12.6 Å². The predicted molar refractivity (Wildman–Crippen MR) is 42.5 cm³/mol. The van der Waals surface area contributed by atoms with Crippen LogP contribution in [-0.2, 0) is 9.53 Å². The van der Waals surface area contributed by atoms with Gasteiger partial charge in [0.2, 0.25) is 0 Å². The summed E-state index contributed by atoms with van der Waals surface area (Å²) >= 11 is 0. The molecule has 78 valence electrons. The van der Waals surface area contributed by atoms with Crippen LogP contribution in [0.5, 0.6) is 0 Å². The minimum Gasteiger partial charge on any atom is -0.481 e. The molecule has 0 heterocycles. The molecule has 0 radical (unpaired) electrons. The number of ether oxygens (including phenoxy) is 1. The molecular formula is C9H10F2O3. The smallest absolute Gasteiger partial charge is 0.387 e. The van der Waals surface area contributed by atoms with Gasteiger partial charge in [-0.3, -0.25) is 4.79 Å². The van der Waals surface area contributed by atoms with E-state index in [-0.39, 0.29) is 17.6 Å². The van der Waals surface area contributed by atoms with Gasteiger partial charge in [0.15, 0.2) is 0 Å². The van der Waals surface area contributed by atoms with Crippen LogP contribution in [0.25, 0.3) is 0 Å². The quantitative estimate of drug-likeness (QED) is 0.763. The van der Waals surface area contributed by atoms with E-state index in [2.05, 4.69) is 4.74 Å². The molecule has 2 aliphatic carbocycles. The molecule has 0 aromatic rings. The second kappa shape index (κ2) is 3.22. The lowest BCUT2D eigenvalue weighted by Crippen LogP contribution is -2.18. The second-order valence-electron chi connectivity index (χ2n) is 3.73. The topological polar surface area (TPSA) is 46.5 Å². The van der Waals surface area contributed by atoms with Crippen LogP contribution in [0, 0.1) is 17.8 Å². The summed E-state index contributed by atoms with van der Waals surface area (Å²) in [6, 6.07) is 0. The normalized spacial score (nSPS) is 34.8. The fourth-order valence-electron chi connectivity index (χ4n) is 1.97. The Morgan fingerprint density at radius 1 is 1.57 bits per heavy atom. The van der Waals surface area contributed by atoms with Gasteiger partial charge in [-0.1, -0.05) is 0 Å². The number of hydrogen-bond acceptors (Lipinski definition) is 2. The van der Waals surface area contributed by atoms with Crippen molar-refractivity contribution >= 4 is 5.97 Å². The molecule has 0 spiro atoms. The third kappa shape index (κ3) is 1.71. The molecule has 0 saturated heterocycles. The van der Waals surface area contributed by atoms with Gasteiger partial charge in [-0.15, -0.1) is 0 Å². The van der Waals surface area contributed by atoms with Crippen LogP contribution in [0.4, 0.5) is 8.78 Å². The third-order valence-corrected chi connectivity index (χ3v) is 2.75. The van der Waals surface area contributed by atoms with Gasteiger partial charge in [0, 0.05) is 5.92 Å². The van der Waals surface area contributed by atoms with E-state index < -0.39 is 18.5 Å². The van der Waals surface area contributed by atoms with E-state index >= 15 is 0 Å². The summed E-state index contributed by atoms with van der Waals surface area (Å²) in [5.74, 6) is -1.18. The lowest BCUT2D eigenvalue weighted by Gasteiger charge is -2.17. The van der Waals surface area contributed by atoms with Crippen LogP contribution in [0.15, 0.2) is 11.8 Å². The maximum absolute atomic E-state index is 11.9. The summed E-state index contributed by atoms with van der Waals surface area (Å²) in [6.45, 7) is -2.85. The molecule has 3 nitrogen and oxygen atoms in total. The lowest BCUT2D eigenvalue weighted by atomic mass is 9.95. The Morgan fingerprint density at radius 3 is 2.86 bits per heavy atom. The first kappa shape index (κ1) is 9.43. The van der Waals surface area contributed by atoms with Crippen molar-refractivity contribution in [3.8, 4) is 0 Å². The maximum Gasteiger partial charge on any atom is 0.387 e. The van der Waals surface area contributed by atoms with Crippen molar-refractivity contribution in [2.45, 2.75) is 19.5 Å². The van der Waals surface area contributed by atoms with E-state index in [4.69, 9.17) is 5.11 Å². The molecule has 1 fully saturated rings. The monoisotopic (exact) mass is 204 g/mol. The highest BCUT2D eigenvalue weighted by Crippen LogP contribution is 2.52. The molecule has 5 heteroatoms. The SMILES string of the molecule is O=C(O)C1C=C(OC(F)F)C2C[C@H]2C1. The molecule has 2 unspecified atom stereocenters. The van der Waals surface area contributed by atoms with E-state index in [1.54, 1.807) is 0 Å². The molecule has 14 heavy (non-hydrogen) atoms. The van der Waals surface area contributed by atoms with Crippen molar-refractivity contribution in [1.29, 1.82) is 0 Å². The molecule has 0 aliphatic heterocycles. The van der Waals surface area contributed by atoms with Crippen LogP contribution in [0.1, 0.15) is 12.8 Å². The van der Waals surface area contributed by atoms with Crippen molar-refractivity contribution in [3.63, 3.8) is 0 Å². The maximum atomic E-state index is 11.9. The number of halogens is 2. The number of alkyl halides is 2. The zero-order valence-corrected chi connectivity index (χ0v) is 7.32. The van der Waals surface area contributed by atoms with Gasteiger partial charge in [0.25, 0.3) is 0 Å². The number of rotatable bonds is 3. The molecule has 1 N–H and O–H groups in total. The van der Waals surface area contributed by atoms with Crippen LogP contribution < -0.4 is 0 Å². The standard InChI is InChI=1S/C9H10F2O3/c10-9(11)14-7-3-5(8(12)13)1-4-2-6(4)7/h3-6,9H,1-2H2,(H,12,13)/t4-,5?,6?/m1/s1. The van der Waals surface area contributed by atoms with Crippen molar-refractivity contribution < 1.29 is 23.4 Å². The summed E-state index contributed by atoms with van der Waals surface area (Å²) < 4.78 is 28.1. The Bertz CT molecular complexity index is 288. The first-order chi connectivity index (χ1) is 6.58. The minimum atomic E-state index is -2.85. The molecule has 2 aliphatic rings. The molecule has 0 aromatic heterocycles. The zero-order valence-electron chi connectivity index (χ0n) is 7.32. The zero-order chi connectivity index (χ0) is 10.3. The number of aliphatic carboxylic acids is 1. The Hall–Kier alpha value is -1.13. The average Bonchev–Trinajstić information content (AvgIpc) is 2.81. The Morgan fingerprint density at radius 2 is 2.29 bits per heavy atom. The first-order valence-corrected chi connectivity index (χ1v) is 4.47. The molecule has 1 saturated carbocycles. The summed E-state index contributed by atoms with van der Waals surface area (Å²) in [4.78, 5) is 10.7. The molecule has 2 rings (SSSR count). The molecule has 0 bridgehead atoms. The number of hydrogen-bond donors (Lipinski definition) is 1. The van der Waals surface area contributed by atoms with Crippen molar-refractivity contribution in [1.82, 2.24) is 0 Å². The highest BCUT2D eigenvalue weighted by molar-refractivity contribution is 5.72. The van der Waals surface area contributed by atoms with E-state index in [9.17, 15) is 13.6 Å². The second-order valence-corrected chi connectivity index (χ2v) is 3.73. The summed E-state index contributed by atoms with van der Waals surface area (Å²) in [5, 5.41) is 8.74. The van der Waals surface area contributed by atoms with E-state index in [0.29, 0.717) is 6.42 Å². The average molecular weight is 204 g/mol. The van der Waals surface area contributed by atoms with Gasteiger partial charge in [-0.05, 0) is 24.8 Å². The largest absolute Gasteiger partial charge is 0.481 e. The van der Waals surface area contributed by atoms with Gasteiger partial charge in [0.05, 0.1) is 5.92 Å². The van der Waals surface area contributed by atoms with Crippen molar-refractivity contribution in [2.75, 3.05) is 0 Å². The van der Waals surface area contributed by atoms with Gasteiger partial charge in [-0.25, -0.2) is 0 Å². The van der Waals surface area contributed by atoms with Crippen molar-refractivity contribution in [3.05, 3.63) is 11.8 Å².